The Bertz CT molecular complexity index is 1550. The molecular weight excluding hydrogens is 990 g/mol. The number of carbonyl (C=O) groups is 2. The number of rotatable bonds is 60. The Kier molecular flexibility index (Phi) is 57.2. The van der Waals surface area contributed by atoms with Gasteiger partial charge < -0.3 is 27.9 Å². The van der Waals surface area contributed by atoms with E-state index in [2.05, 4.69) is 86.8 Å². The number of phosphoric ester groups is 1. The van der Waals surface area contributed by atoms with E-state index < -0.39 is 32.5 Å². The third kappa shape index (κ3) is 62.6. The van der Waals surface area contributed by atoms with Gasteiger partial charge in [-0.1, -0.05) is 273 Å². The van der Waals surface area contributed by atoms with Gasteiger partial charge in [0.15, 0.2) is 6.10 Å². The third-order valence-corrected chi connectivity index (χ3v) is 15.2. The first kappa shape index (κ1) is 75.5. The molecule has 78 heavy (non-hydrogen) atoms. The van der Waals surface area contributed by atoms with Crippen LogP contribution >= 0.6 is 7.82 Å². The number of phosphoric acid groups is 1. The second kappa shape index (κ2) is 59.1. The van der Waals surface area contributed by atoms with Crippen LogP contribution in [0.2, 0.25) is 0 Å². The van der Waals surface area contributed by atoms with E-state index >= 15 is 0 Å². The second-order valence-corrected chi connectivity index (χ2v) is 24.5. The number of likely N-dealkylation sites (N-methyl/N-ethyl adjacent to an activating group) is 1. The van der Waals surface area contributed by atoms with Crippen molar-refractivity contribution in [1.29, 1.82) is 0 Å². The van der Waals surface area contributed by atoms with Gasteiger partial charge in [-0.25, -0.2) is 0 Å². The summed E-state index contributed by atoms with van der Waals surface area (Å²) in [5.74, 6) is -0.875. The number of nitrogens with zero attached hydrogens (tertiary/aromatic N) is 1. The number of carbonyl (C=O) groups excluding carboxylic acids is 2. The molecule has 0 aliphatic rings. The normalized spacial score (nSPS) is 13.7. The van der Waals surface area contributed by atoms with Crippen molar-refractivity contribution in [2.75, 3.05) is 47.5 Å². The maximum absolute atomic E-state index is 12.7. The average molecular weight is 1110 g/mol. The molecule has 2 unspecified atom stereocenters. The monoisotopic (exact) mass is 1110 g/mol. The van der Waals surface area contributed by atoms with Gasteiger partial charge >= 0.3 is 11.9 Å². The van der Waals surface area contributed by atoms with E-state index in [9.17, 15) is 19.0 Å². The molecule has 0 aliphatic carbocycles. The van der Waals surface area contributed by atoms with Crippen molar-refractivity contribution in [3.8, 4) is 0 Å². The molecule has 0 aromatic carbocycles. The second-order valence-electron chi connectivity index (χ2n) is 23.1. The molecule has 0 aliphatic heterocycles. The van der Waals surface area contributed by atoms with Crippen LogP contribution in [0.5, 0.6) is 0 Å². The SMILES string of the molecule is CC/C=C\C/C=C\C/C=C\C/C=C\CCCCC(=O)OC(COC(=O)CCCCCCCCCCCCCCCCCCCCCCCCCCCCC/C=C\C/C=C\CCCCCCC)COP(=O)([O-])OCC[N+](C)(C)C. The van der Waals surface area contributed by atoms with Crippen LogP contribution in [0.15, 0.2) is 72.9 Å². The fraction of sp³-hybridized carbons (Fsp3) is 0.794. The Morgan fingerprint density at radius 3 is 1.12 bits per heavy atom. The van der Waals surface area contributed by atoms with Crippen molar-refractivity contribution in [3.63, 3.8) is 0 Å². The van der Waals surface area contributed by atoms with E-state index in [1.165, 1.54) is 199 Å². The van der Waals surface area contributed by atoms with Crippen LogP contribution in [-0.4, -0.2) is 70.0 Å². The topological polar surface area (TPSA) is 111 Å². The largest absolute Gasteiger partial charge is 0.756 e. The van der Waals surface area contributed by atoms with Crippen LogP contribution in [0.1, 0.15) is 296 Å². The summed E-state index contributed by atoms with van der Waals surface area (Å²) >= 11 is 0. The Balaban J connectivity index is 3.89. The Labute approximate surface area is 482 Å². The lowest BCUT2D eigenvalue weighted by Crippen LogP contribution is -2.37. The average Bonchev–Trinajstić information content (AvgIpc) is 3.41. The lowest BCUT2D eigenvalue weighted by Gasteiger charge is -2.28. The summed E-state index contributed by atoms with van der Waals surface area (Å²) in [5.41, 5.74) is 0. The summed E-state index contributed by atoms with van der Waals surface area (Å²) in [6.45, 7) is 4.08. The molecular formula is C68H124NO8P. The van der Waals surface area contributed by atoms with Crippen LogP contribution in [0, 0.1) is 0 Å². The van der Waals surface area contributed by atoms with Crippen molar-refractivity contribution in [1.82, 2.24) is 0 Å². The molecule has 0 radical (unpaired) electrons. The number of hydrogen-bond acceptors (Lipinski definition) is 8. The summed E-state index contributed by atoms with van der Waals surface area (Å²) in [6, 6.07) is 0. The van der Waals surface area contributed by atoms with Crippen LogP contribution in [0.3, 0.4) is 0 Å². The van der Waals surface area contributed by atoms with Crippen molar-refractivity contribution in [3.05, 3.63) is 72.9 Å². The summed E-state index contributed by atoms with van der Waals surface area (Å²) in [7, 11) is 1.14. The van der Waals surface area contributed by atoms with E-state index in [0.717, 1.165) is 64.2 Å². The van der Waals surface area contributed by atoms with Crippen molar-refractivity contribution < 1.29 is 42.1 Å². The molecule has 0 bridgehead atoms. The molecule has 0 N–H and O–H groups in total. The summed E-state index contributed by atoms with van der Waals surface area (Å²) in [5, 5.41) is 0. The van der Waals surface area contributed by atoms with E-state index in [4.69, 9.17) is 18.5 Å². The number of hydrogen-bond donors (Lipinski definition) is 0. The Morgan fingerprint density at radius 1 is 0.410 bits per heavy atom. The van der Waals surface area contributed by atoms with Crippen molar-refractivity contribution in [2.45, 2.75) is 302 Å². The van der Waals surface area contributed by atoms with Crippen LogP contribution in [-0.2, 0) is 32.7 Å². The number of allylic oxidation sites excluding steroid dienone is 12. The molecule has 0 amide bonds. The molecule has 0 aromatic heterocycles. The molecule has 0 rings (SSSR count). The first-order valence-corrected chi connectivity index (χ1v) is 34.1. The highest BCUT2D eigenvalue weighted by Crippen LogP contribution is 2.38. The fourth-order valence-corrected chi connectivity index (χ4v) is 9.94. The Hall–Kier alpha value is -2.55. The van der Waals surface area contributed by atoms with E-state index in [1.807, 2.05) is 21.1 Å². The summed E-state index contributed by atoms with van der Waals surface area (Å²) in [6.07, 6.45) is 78.7. The minimum absolute atomic E-state index is 0.0401. The summed E-state index contributed by atoms with van der Waals surface area (Å²) < 4.78 is 34.1. The zero-order valence-corrected chi connectivity index (χ0v) is 52.5. The zero-order chi connectivity index (χ0) is 57.0. The maximum atomic E-state index is 12.7. The minimum Gasteiger partial charge on any atom is -0.756 e. The van der Waals surface area contributed by atoms with E-state index in [1.54, 1.807) is 0 Å². The van der Waals surface area contributed by atoms with E-state index in [-0.39, 0.29) is 26.1 Å². The van der Waals surface area contributed by atoms with Gasteiger partial charge in [-0.15, -0.1) is 0 Å². The molecule has 0 aromatic rings. The van der Waals surface area contributed by atoms with Crippen LogP contribution < -0.4 is 4.89 Å². The molecule has 0 spiro atoms. The molecule has 0 heterocycles. The molecule has 10 heteroatoms. The molecule has 0 fully saturated rings. The standard InChI is InChI=1S/C68H124NO8P/c1-6-8-10-12-14-16-18-20-22-23-24-25-26-27-28-29-30-31-32-33-34-35-36-37-38-39-40-41-42-43-44-45-47-48-50-52-54-56-58-60-67(70)74-64-66(65-76-78(72,73)75-63-62-69(3,4)5)77-68(71)61-59-57-55-53-51-49-46-21-19-17-15-13-11-9-7-2/h9,11,15,17-18,20-21,23-24,46,51,53,66H,6-8,10,12-14,16,19,22,25-45,47-50,52,54-65H2,1-5H3/b11-9-,17-15-,20-18-,24-23-,46-21-,53-51-. The minimum atomic E-state index is -4.65. The molecule has 2 atom stereocenters. The van der Waals surface area contributed by atoms with Crippen molar-refractivity contribution in [2.24, 2.45) is 0 Å². The number of ether oxygens (including phenoxy) is 2. The lowest BCUT2D eigenvalue weighted by atomic mass is 10.0. The predicted molar refractivity (Wildman–Crippen MR) is 333 cm³/mol. The highest BCUT2D eigenvalue weighted by molar-refractivity contribution is 7.45. The van der Waals surface area contributed by atoms with Gasteiger partial charge in [0.25, 0.3) is 7.82 Å². The Morgan fingerprint density at radius 2 is 0.731 bits per heavy atom. The van der Waals surface area contributed by atoms with E-state index in [0.29, 0.717) is 17.4 Å². The van der Waals surface area contributed by atoms with Crippen LogP contribution in [0.25, 0.3) is 0 Å². The van der Waals surface area contributed by atoms with Gasteiger partial charge in [0.1, 0.15) is 19.8 Å². The highest BCUT2D eigenvalue weighted by Gasteiger charge is 2.22. The van der Waals surface area contributed by atoms with Gasteiger partial charge in [-0.05, 0) is 83.5 Å². The quantitative estimate of drug-likeness (QED) is 0.0195. The van der Waals surface area contributed by atoms with Gasteiger partial charge in [0.2, 0.25) is 0 Å². The van der Waals surface area contributed by atoms with Gasteiger partial charge in [-0.2, -0.15) is 0 Å². The maximum Gasteiger partial charge on any atom is 0.306 e. The predicted octanol–water partition coefficient (Wildman–Crippen LogP) is 20.2. The number of esters is 2. The summed E-state index contributed by atoms with van der Waals surface area (Å²) in [4.78, 5) is 37.8. The number of quaternary nitrogens is 1. The zero-order valence-electron chi connectivity index (χ0n) is 51.6. The van der Waals surface area contributed by atoms with Gasteiger partial charge in [0, 0.05) is 12.8 Å². The lowest BCUT2D eigenvalue weighted by molar-refractivity contribution is -0.870. The molecule has 0 saturated heterocycles. The third-order valence-electron chi connectivity index (χ3n) is 14.2. The number of unbranched alkanes of at least 4 members (excludes halogenated alkanes) is 34. The molecule has 454 valence electrons. The van der Waals surface area contributed by atoms with Gasteiger partial charge in [-0.3, -0.25) is 14.2 Å². The fourth-order valence-electron chi connectivity index (χ4n) is 9.21. The molecule has 9 nitrogen and oxygen atoms in total. The van der Waals surface area contributed by atoms with Crippen molar-refractivity contribution >= 4 is 19.8 Å². The first-order valence-electron chi connectivity index (χ1n) is 32.6. The smallest absolute Gasteiger partial charge is 0.306 e. The van der Waals surface area contributed by atoms with Gasteiger partial charge in [0.05, 0.1) is 27.7 Å². The molecule has 0 saturated carbocycles. The highest BCUT2D eigenvalue weighted by atomic mass is 31.2. The van der Waals surface area contributed by atoms with Crippen LogP contribution in [0.4, 0.5) is 0 Å². The first-order chi connectivity index (χ1) is 38.0.